The van der Waals surface area contributed by atoms with Gasteiger partial charge in [0.15, 0.2) is 0 Å². The van der Waals surface area contributed by atoms with Crippen molar-refractivity contribution in [1.82, 2.24) is 10.2 Å². The van der Waals surface area contributed by atoms with Crippen LogP contribution in [0.15, 0.2) is 0 Å². The highest BCUT2D eigenvalue weighted by Gasteiger charge is 2.25. The van der Waals surface area contributed by atoms with Gasteiger partial charge in [-0.25, -0.2) is 0 Å². The number of esters is 1. The van der Waals surface area contributed by atoms with Crippen LogP contribution in [-0.4, -0.2) is 50.7 Å². The molecule has 1 aliphatic heterocycles. The van der Waals surface area contributed by atoms with Crippen molar-refractivity contribution >= 4 is 5.97 Å². The molecule has 0 aromatic heterocycles. The monoisotopic (exact) mass is 242 g/mol. The number of nitrogens with one attached hydrogen (secondary N) is 1. The Labute approximate surface area is 105 Å². The first-order valence-electron chi connectivity index (χ1n) is 6.56. The van der Waals surface area contributed by atoms with E-state index in [2.05, 4.69) is 24.1 Å². The molecule has 0 amide bonds. The van der Waals surface area contributed by atoms with E-state index in [4.69, 9.17) is 4.74 Å². The van der Waals surface area contributed by atoms with E-state index in [0.29, 0.717) is 0 Å². The Bertz CT molecular complexity index is 236. The molecule has 4 heteroatoms. The molecule has 0 aliphatic carbocycles. The normalized spacial score (nSPS) is 20.5. The highest BCUT2D eigenvalue weighted by atomic mass is 16.5. The number of methoxy groups -OCH3 is 1. The van der Waals surface area contributed by atoms with Crippen molar-refractivity contribution in [3.8, 4) is 0 Å². The Balaban J connectivity index is 2.36. The van der Waals surface area contributed by atoms with Crippen LogP contribution in [0, 0.1) is 11.8 Å². The number of piperidine rings is 1. The van der Waals surface area contributed by atoms with E-state index in [-0.39, 0.29) is 12.0 Å². The molecule has 1 saturated heterocycles. The van der Waals surface area contributed by atoms with Crippen molar-refractivity contribution in [2.45, 2.75) is 32.7 Å². The van der Waals surface area contributed by atoms with Gasteiger partial charge in [-0.05, 0) is 44.8 Å². The van der Waals surface area contributed by atoms with E-state index in [1.807, 2.05) is 7.05 Å². The van der Waals surface area contributed by atoms with Crippen molar-refractivity contribution in [2.24, 2.45) is 11.8 Å². The number of likely N-dealkylation sites (N-methyl/N-ethyl adjacent to an activating group) is 1. The van der Waals surface area contributed by atoms with Gasteiger partial charge in [0, 0.05) is 6.54 Å². The molecule has 1 fully saturated rings. The van der Waals surface area contributed by atoms with Crippen LogP contribution in [0.25, 0.3) is 0 Å². The van der Waals surface area contributed by atoms with Crippen molar-refractivity contribution in [1.29, 1.82) is 0 Å². The third-order valence-electron chi connectivity index (χ3n) is 3.85. The van der Waals surface area contributed by atoms with E-state index in [9.17, 15) is 4.79 Å². The van der Waals surface area contributed by atoms with Crippen LogP contribution < -0.4 is 5.32 Å². The van der Waals surface area contributed by atoms with Crippen LogP contribution in [-0.2, 0) is 9.53 Å². The Hall–Kier alpha value is -0.610. The molecule has 17 heavy (non-hydrogen) atoms. The lowest BCUT2D eigenvalue weighted by Gasteiger charge is -2.35. The topological polar surface area (TPSA) is 41.6 Å². The standard InChI is InChI=1S/C13H26N2O2/c1-10(2)11-5-7-15(8-6-11)9-12(14-3)13(16)17-4/h10-12,14H,5-9H2,1-4H3. The van der Waals surface area contributed by atoms with E-state index < -0.39 is 0 Å². The summed E-state index contributed by atoms with van der Waals surface area (Å²) in [5.74, 6) is 1.45. The van der Waals surface area contributed by atoms with Crippen LogP contribution in [0.1, 0.15) is 26.7 Å². The first-order valence-corrected chi connectivity index (χ1v) is 6.56. The van der Waals surface area contributed by atoms with Gasteiger partial charge in [-0.3, -0.25) is 4.79 Å². The molecule has 0 radical (unpaired) electrons. The average molecular weight is 242 g/mol. The summed E-state index contributed by atoms with van der Waals surface area (Å²) < 4.78 is 4.78. The van der Waals surface area contributed by atoms with Crippen molar-refractivity contribution in [3.63, 3.8) is 0 Å². The Morgan fingerprint density at radius 1 is 1.41 bits per heavy atom. The molecule has 0 bridgehead atoms. The molecule has 100 valence electrons. The zero-order valence-electron chi connectivity index (χ0n) is 11.5. The number of ether oxygens (including phenoxy) is 1. The van der Waals surface area contributed by atoms with Gasteiger partial charge in [-0.2, -0.15) is 0 Å². The molecule has 1 unspecified atom stereocenters. The predicted molar refractivity (Wildman–Crippen MR) is 68.9 cm³/mol. The number of hydrogen-bond donors (Lipinski definition) is 1. The van der Waals surface area contributed by atoms with Crippen LogP contribution in [0.3, 0.4) is 0 Å². The summed E-state index contributed by atoms with van der Waals surface area (Å²) in [5.41, 5.74) is 0. The molecule has 1 N–H and O–H groups in total. The first-order chi connectivity index (χ1) is 8.08. The van der Waals surface area contributed by atoms with Gasteiger partial charge in [-0.1, -0.05) is 13.8 Å². The van der Waals surface area contributed by atoms with Crippen molar-refractivity contribution < 1.29 is 9.53 Å². The lowest BCUT2D eigenvalue weighted by molar-refractivity contribution is -0.143. The van der Waals surface area contributed by atoms with Gasteiger partial charge >= 0.3 is 5.97 Å². The quantitative estimate of drug-likeness (QED) is 0.734. The molecule has 1 heterocycles. The first kappa shape index (κ1) is 14.5. The maximum atomic E-state index is 11.5. The average Bonchev–Trinajstić information content (AvgIpc) is 2.35. The minimum Gasteiger partial charge on any atom is -0.468 e. The van der Waals surface area contributed by atoms with Gasteiger partial charge in [0.2, 0.25) is 0 Å². The van der Waals surface area contributed by atoms with Crippen LogP contribution in [0.2, 0.25) is 0 Å². The summed E-state index contributed by atoms with van der Waals surface area (Å²) >= 11 is 0. The Morgan fingerprint density at radius 3 is 2.41 bits per heavy atom. The van der Waals surface area contributed by atoms with E-state index >= 15 is 0 Å². The fourth-order valence-corrected chi connectivity index (χ4v) is 2.49. The van der Waals surface area contributed by atoms with Gasteiger partial charge < -0.3 is 15.0 Å². The highest BCUT2D eigenvalue weighted by Crippen LogP contribution is 2.24. The second-order valence-corrected chi connectivity index (χ2v) is 5.25. The molecule has 0 aromatic carbocycles. The second-order valence-electron chi connectivity index (χ2n) is 5.25. The molecule has 4 nitrogen and oxygen atoms in total. The van der Waals surface area contributed by atoms with Gasteiger partial charge in [0.1, 0.15) is 6.04 Å². The number of likely N-dealkylation sites (tertiary alicyclic amines) is 1. The number of carbonyl (C=O) groups excluding carboxylic acids is 1. The molecule has 1 atom stereocenters. The van der Waals surface area contributed by atoms with E-state index in [1.165, 1.54) is 20.0 Å². The molecule has 0 aromatic rings. The number of carbonyl (C=O) groups is 1. The molecular weight excluding hydrogens is 216 g/mol. The van der Waals surface area contributed by atoms with Gasteiger partial charge in [0.25, 0.3) is 0 Å². The smallest absolute Gasteiger partial charge is 0.324 e. The summed E-state index contributed by atoms with van der Waals surface area (Å²) in [5, 5.41) is 3.02. The zero-order valence-corrected chi connectivity index (χ0v) is 11.5. The predicted octanol–water partition coefficient (Wildman–Crippen LogP) is 1.12. The molecule has 1 aliphatic rings. The van der Waals surface area contributed by atoms with Crippen LogP contribution in [0.5, 0.6) is 0 Å². The third kappa shape index (κ3) is 4.28. The summed E-state index contributed by atoms with van der Waals surface area (Å²) in [6, 6.07) is -0.199. The Kier molecular flexibility index (Phi) is 5.92. The minimum atomic E-state index is -0.199. The lowest BCUT2D eigenvalue weighted by Crippen LogP contribution is -2.47. The van der Waals surface area contributed by atoms with Crippen molar-refractivity contribution in [2.75, 3.05) is 33.8 Å². The fourth-order valence-electron chi connectivity index (χ4n) is 2.49. The summed E-state index contributed by atoms with van der Waals surface area (Å²) in [6.07, 6.45) is 2.49. The molecule has 0 saturated carbocycles. The van der Waals surface area contributed by atoms with Crippen LogP contribution >= 0.6 is 0 Å². The molecule has 0 spiro atoms. The summed E-state index contributed by atoms with van der Waals surface area (Å²) in [7, 11) is 3.25. The maximum Gasteiger partial charge on any atom is 0.324 e. The van der Waals surface area contributed by atoms with Gasteiger partial charge in [0.05, 0.1) is 7.11 Å². The summed E-state index contributed by atoms with van der Waals surface area (Å²) in [6.45, 7) is 7.54. The zero-order chi connectivity index (χ0) is 12.8. The largest absolute Gasteiger partial charge is 0.468 e. The minimum absolute atomic E-state index is 0.168. The summed E-state index contributed by atoms with van der Waals surface area (Å²) in [4.78, 5) is 13.8. The van der Waals surface area contributed by atoms with Crippen molar-refractivity contribution in [3.05, 3.63) is 0 Å². The van der Waals surface area contributed by atoms with E-state index in [0.717, 1.165) is 31.5 Å². The maximum absolute atomic E-state index is 11.5. The Morgan fingerprint density at radius 2 is 2.00 bits per heavy atom. The highest BCUT2D eigenvalue weighted by molar-refractivity contribution is 5.75. The molecule has 1 rings (SSSR count). The number of rotatable bonds is 5. The van der Waals surface area contributed by atoms with Gasteiger partial charge in [-0.15, -0.1) is 0 Å². The molecular formula is C13H26N2O2. The third-order valence-corrected chi connectivity index (χ3v) is 3.85. The fraction of sp³-hybridized carbons (Fsp3) is 0.923. The number of nitrogens with zero attached hydrogens (tertiary/aromatic N) is 1. The SMILES string of the molecule is CNC(CN1CCC(C(C)C)CC1)C(=O)OC. The van der Waals surface area contributed by atoms with Crippen LogP contribution in [0.4, 0.5) is 0 Å². The second kappa shape index (κ2) is 6.97. The van der Waals surface area contributed by atoms with E-state index in [1.54, 1.807) is 0 Å². The number of hydrogen-bond acceptors (Lipinski definition) is 4. The lowest BCUT2D eigenvalue weighted by atomic mass is 9.86.